The van der Waals surface area contributed by atoms with Crippen LogP contribution < -0.4 is 16.0 Å². The van der Waals surface area contributed by atoms with Crippen molar-refractivity contribution >= 4 is 5.97 Å². The second-order valence-electron chi connectivity index (χ2n) is 5.52. The van der Waals surface area contributed by atoms with Gasteiger partial charge in [-0.1, -0.05) is 12.1 Å². The van der Waals surface area contributed by atoms with Gasteiger partial charge in [0, 0.05) is 25.1 Å². The van der Waals surface area contributed by atoms with E-state index in [1.165, 1.54) is 17.7 Å². The normalized spacial score (nSPS) is 10.5. The average molecular weight is 362 g/mol. The lowest BCUT2D eigenvalue weighted by molar-refractivity contribution is -0.142. The van der Waals surface area contributed by atoms with Crippen molar-refractivity contribution in [1.82, 2.24) is 9.55 Å². The van der Waals surface area contributed by atoms with Crippen LogP contribution in [0.3, 0.4) is 0 Å². The molecule has 0 amide bonds. The predicted molar refractivity (Wildman–Crippen MR) is 94.3 cm³/mol. The second kappa shape index (κ2) is 9.57. The molecule has 0 atom stereocenters. The summed E-state index contributed by atoms with van der Waals surface area (Å²) in [7, 11) is 0. The zero-order valence-corrected chi connectivity index (χ0v) is 14.8. The molecule has 8 nitrogen and oxygen atoms in total. The van der Waals surface area contributed by atoms with Crippen LogP contribution in [0.25, 0.3) is 0 Å². The van der Waals surface area contributed by atoms with E-state index in [4.69, 9.17) is 14.2 Å². The molecule has 0 spiro atoms. The second-order valence-corrected chi connectivity index (χ2v) is 5.52. The maximum absolute atomic E-state index is 12.1. The van der Waals surface area contributed by atoms with E-state index < -0.39 is 17.2 Å². The molecule has 2 aromatic rings. The molecule has 1 aromatic heterocycles. The monoisotopic (exact) mass is 362 g/mol. The minimum Gasteiger partial charge on any atom is -0.494 e. The smallest absolute Gasteiger partial charge is 0.330 e. The number of carbonyl (C=O) groups excluding carboxylic acids is 1. The summed E-state index contributed by atoms with van der Waals surface area (Å²) in [5.74, 6) is 0.329. The number of aromatic nitrogens is 2. The van der Waals surface area contributed by atoms with Crippen LogP contribution in [0.5, 0.6) is 5.75 Å². The molecule has 0 fully saturated rings. The summed E-state index contributed by atoms with van der Waals surface area (Å²) in [5.41, 5.74) is 0.325. The third kappa shape index (κ3) is 5.89. The summed E-state index contributed by atoms with van der Waals surface area (Å²) in [4.78, 5) is 36.9. The molecular formula is C18H22N2O6. The lowest BCUT2D eigenvalue weighted by atomic mass is 10.1. The van der Waals surface area contributed by atoms with E-state index in [0.29, 0.717) is 18.6 Å². The molecule has 0 saturated carbocycles. The van der Waals surface area contributed by atoms with Crippen LogP contribution in [0.15, 0.2) is 40.1 Å². The lowest BCUT2D eigenvalue weighted by Gasteiger charge is -2.09. The Labute approximate surface area is 150 Å². The fraction of sp³-hybridized carbons (Fsp3) is 0.389. The van der Waals surface area contributed by atoms with Gasteiger partial charge in [0.05, 0.1) is 13.2 Å². The summed E-state index contributed by atoms with van der Waals surface area (Å²) in [6, 6.07) is 7.43. The van der Waals surface area contributed by atoms with Gasteiger partial charge in [0.2, 0.25) is 0 Å². The molecule has 0 radical (unpaired) electrons. The van der Waals surface area contributed by atoms with E-state index in [2.05, 4.69) is 4.98 Å². The Morgan fingerprint density at radius 1 is 1.23 bits per heavy atom. The molecule has 8 heteroatoms. The van der Waals surface area contributed by atoms with Gasteiger partial charge < -0.3 is 14.2 Å². The van der Waals surface area contributed by atoms with Gasteiger partial charge in [-0.2, -0.15) is 0 Å². The van der Waals surface area contributed by atoms with Crippen molar-refractivity contribution in [3.8, 4) is 5.75 Å². The molecular weight excluding hydrogens is 340 g/mol. The molecule has 0 aliphatic carbocycles. The highest BCUT2D eigenvalue weighted by Crippen LogP contribution is 2.15. The van der Waals surface area contributed by atoms with Crippen molar-refractivity contribution in [3.63, 3.8) is 0 Å². The zero-order valence-electron chi connectivity index (χ0n) is 14.8. The first-order valence-corrected chi connectivity index (χ1v) is 8.25. The van der Waals surface area contributed by atoms with Crippen molar-refractivity contribution in [3.05, 3.63) is 62.4 Å². The Balaban J connectivity index is 2.07. The number of benzene rings is 1. The summed E-state index contributed by atoms with van der Waals surface area (Å²) in [6.07, 6.45) is 1.82. The quantitative estimate of drug-likeness (QED) is 0.529. The van der Waals surface area contributed by atoms with E-state index in [-0.39, 0.29) is 19.9 Å². The van der Waals surface area contributed by atoms with E-state index in [1.807, 2.05) is 31.2 Å². The highest BCUT2D eigenvalue weighted by atomic mass is 16.6. The molecule has 0 saturated heterocycles. The molecule has 0 aliphatic rings. The standard InChI is InChI=1S/C18H22N2O6/c1-3-25-16-6-4-5-14(10-16)9-15-11-20(18(23)19-17(15)22)12-24-7-8-26-13(2)21/h4-6,10-11H,3,7-9,12H2,1-2H3,(H,19,22,23). The molecule has 1 heterocycles. The number of nitrogens with one attached hydrogen (secondary N) is 1. The highest BCUT2D eigenvalue weighted by Gasteiger charge is 2.07. The number of rotatable bonds is 9. The maximum atomic E-state index is 12.1. The summed E-state index contributed by atoms with van der Waals surface area (Å²) in [5, 5.41) is 0. The van der Waals surface area contributed by atoms with Crippen LogP contribution in [0.4, 0.5) is 0 Å². The minimum atomic E-state index is -0.561. The van der Waals surface area contributed by atoms with Gasteiger partial charge in [0.25, 0.3) is 5.56 Å². The number of esters is 1. The summed E-state index contributed by atoms with van der Waals surface area (Å²) < 4.78 is 16.7. The molecule has 26 heavy (non-hydrogen) atoms. The predicted octanol–water partition coefficient (Wildman–Crippen LogP) is 1.06. The largest absolute Gasteiger partial charge is 0.494 e. The van der Waals surface area contributed by atoms with Gasteiger partial charge >= 0.3 is 11.7 Å². The Hall–Kier alpha value is -2.87. The zero-order chi connectivity index (χ0) is 18.9. The fourth-order valence-electron chi connectivity index (χ4n) is 2.32. The third-order valence-electron chi connectivity index (χ3n) is 3.45. The average Bonchev–Trinajstić information content (AvgIpc) is 2.58. The fourth-order valence-corrected chi connectivity index (χ4v) is 2.32. The Kier molecular flexibility index (Phi) is 7.16. The van der Waals surface area contributed by atoms with Crippen molar-refractivity contribution in [1.29, 1.82) is 0 Å². The van der Waals surface area contributed by atoms with E-state index in [1.54, 1.807) is 0 Å². The van der Waals surface area contributed by atoms with Crippen molar-refractivity contribution < 1.29 is 19.0 Å². The SMILES string of the molecule is CCOc1cccc(Cc2cn(COCCOC(C)=O)c(=O)[nH]c2=O)c1. The van der Waals surface area contributed by atoms with Crippen LogP contribution in [0.1, 0.15) is 25.0 Å². The minimum absolute atomic E-state index is 0.0527. The summed E-state index contributed by atoms with van der Waals surface area (Å²) >= 11 is 0. The van der Waals surface area contributed by atoms with Crippen LogP contribution in [0.2, 0.25) is 0 Å². The molecule has 0 aliphatic heterocycles. The highest BCUT2D eigenvalue weighted by molar-refractivity contribution is 5.65. The number of H-pyrrole nitrogens is 1. The van der Waals surface area contributed by atoms with Gasteiger partial charge in [0.15, 0.2) is 0 Å². The van der Waals surface area contributed by atoms with Gasteiger partial charge in [0.1, 0.15) is 19.1 Å². The number of nitrogens with zero attached hydrogens (tertiary/aromatic N) is 1. The van der Waals surface area contributed by atoms with E-state index in [0.717, 1.165) is 11.3 Å². The third-order valence-corrected chi connectivity index (χ3v) is 3.45. The molecule has 2 rings (SSSR count). The van der Waals surface area contributed by atoms with Crippen LogP contribution in [-0.4, -0.2) is 35.3 Å². The van der Waals surface area contributed by atoms with Crippen molar-refractivity contribution in [2.24, 2.45) is 0 Å². The van der Waals surface area contributed by atoms with Gasteiger partial charge in [-0.3, -0.25) is 19.1 Å². The van der Waals surface area contributed by atoms with Gasteiger partial charge in [-0.25, -0.2) is 4.79 Å². The van der Waals surface area contributed by atoms with Crippen LogP contribution >= 0.6 is 0 Å². The first kappa shape index (κ1) is 19.5. The molecule has 0 bridgehead atoms. The Morgan fingerprint density at radius 3 is 2.77 bits per heavy atom. The molecule has 1 N–H and O–H groups in total. The Bertz CT molecular complexity index is 855. The molecule has 0 unspecified atom stereocenters. The molecule has 140 valence electrons. The lowest BCUT2D eigenvalue weighted by Crippen LogP contribution is -2.32. The first-order chi connectivity index (χ1) is 12.5. The first-order valence-electron chi connectivity index (χ1n) is 8.25. The van der Waals surface area contributed by atoms with Crippen LogP contribution in [-0.2, 0) is 27.4 Å². The van der Waals surface area contributed by atoms with Crippen molar-refractivity contribution in [2.45, 2.75) is 27.0 Å². The van der Waals surface area contributed by atoms with Gasteiger partial charge in [-0.05, 0) is 24.6 Å². The Morgan fingerprint density at radius 2 is 2.04 bits per heavy atom. The van der Waals surface area contributed by atoms with Crippen molar-refractivity contribution in [2.75, 3.05) is 19.8 Å². The number of ether oxygens (including phenoxy) is 3. The topological polar surface area (TPSA) is 99.6 Å². The van der Waals surface area contributed by atoms with Gasteiger partial charge in [-0.15, -0.1) is 0 Å². The number of carbonyl (C=O) groups is 1. The number of aromatic amines is 1. The van der Waals surface area contributed by atoms with Crippen LogP contribution in [0, 0.1) is 0 Å². The van der Waals surface area contributed by atoms with E-state index >= 15 is 0 Å². The molecule has 1 aromatic carbocycles. The number of hydrogen-bond donors (Lipinski definition) is 1. The number of hydrogen-bond acceptors (Lipinski definition) is 6. The summed E-state index contributed by atoms with van der Waals surface area (Å²) in [6.45, 7) is 3.96. The van der Waals surface area contributed by atoms with E-state index in [9.17, 15) is 14.4 Å². The maximum Gasteiger partial charge on any atom is 0.330 e.